The number of halogens is 1. The molecule has 0 saturated heterocycles. The first-order chi connectivity index (χ1) is 7.10. The molecule has 1 aromatic rings. The number of nitrogens with zero attached hydrogens (tertiary/aromatic N) is 1. The van der Waals surface area contributed by atoms with Crippen LogP contribution >= 0.6 is 23.8 Å². The van der Waals surface area contributed by atoms with Gasteiger partial charge in [-0.15, -0.1) is 0 Å². The summed E-state index contributed by atoms with van der Waals surface area (Å²) in [5.41, 5.74) is 4.17. The van der Waals surface area contributed by atoms with E-state index in [0.717, 1.165) is 0 Å². The number of anilines is 1. The minimum atomic E-state index is -1.08. The molecule has 0 unspecified atom stereocenters. The van der Waals surface area contributed by atoms with Crippen LogP contribution in [0.15, 0.2) is 18.2 Å². The highest BCUT2D eigenvalue weighted by Gasteiger charge is 2.10. The Bertz CT molecular complexity index is 399. The summed E-state index contributed by atoms with van der Waals surface area (Å²) in [5, 5.41) is 10.2. The van der Waals surface area contributed by atoms with Crippen molar-refractivity contribution in [2.45, 2.75) is 0 Å². The minimum absolute atomic E-state index is 0.0294. The lowest BCUT2D eigenvalue weighted by molar-refractivity contribution is 0.0697. The average Bonchev–Trinajstić information content (AvgIpc) is 2.19. The summed E-state index contributed by atoms with van der Waals surface area (Å²) in [6.07, 6.45) is 0. The van der Waals surface area contributed by atoms with Crippen LogP contribution in [0, 0.1) is 0 Å². The molecule has 0 bridgehead atoms. The Morgan fingerprint density at radius 2 is 2.33 bits per heavy atom. The van der Waals surface area contributed by atoms with Gasteiger partial charge in [-0.2, -0.15) is 5.53 Å². The lowest BCUT2D eigenvalue weighted by Crippen LogP contribution is -2.41. The van der Waals surface area contributed by atoms with Crippen molar-refractivity contribution < 1.29 is 9.90 Å². The topological polar surface area (TPSA) is 78.6 Å². The fourth-order valence-corrected chi connectivity index (χ4v) is 1.43. The van der Waals surface area contributed by atoms with Crippen LogP contribution in [0.4, 0.5) is 5.69 Å². The van der Waals surface area contributed by atoms with Gasteiger partial charge in [-0.25, -0.2) is 4.79 Å². The van der Waals surface area contributed by atoms with E-state index in [9.17, 15) is 4.79 Å². The van der Waals surface area contributed by atoms with Crippen molar-refractivity contribution in [2.24, 2.45) is 5.84 Å². The van der Waals surface area contributed by atoms with Gasteiger partial charge in [0.1, 0.15) is 0 Å². The van der Waals surface area contributed by atoms with Gasteiger partial charge in [-0.3, -0.25) is 10.9 Å². The molecule has 0 radical (unpaired) electrons. The first-order valence-electron chi connectivity index (χ1n) is 3.83. The lowest BCUT2D eigenvalue weighted by atomic mass is 10.2. The molecule has 0 amide bonds. The van der Waals surface area contributed by atoms with Gasteiger partial charge in [0.25, 0.3) is 0 Å². The second-order valence-electron chi connectivity index (χ2n) is 2.57. The zero-order chi connectivity index (χ0) is 11.4. The molecular formula is C8H8ClN3O2S. The molecule has 0 aliphatic heterocycles. The Labute approximate surface area is 96.4 Å². The van der Waals surface area contributed by atoms with E-state index in [1.54, 1.807) is 0 Å². The zero-order valence-corrected chi connectivity index (χ0v) is 9.05. The predicted octanol–water partition coefficient (Wildman–Crippen LogP) is 1.18. The summed E-state index contributed by atoms with van der Waals surface area (Å²) in [5.74, 6) is 4.10. The third-order valence-corrected chi connectivity index (χ3v) is 2.23. The van der Waals surface area contributed by atoms with Crippen LogP contribution < -0.4 is 16.4 Å². The summed E-state index contributed by atoms with van der Waals surface area (Å²) in [6.45, 7) is 0. The molecule has 0 spiro atoms. The smallest absolute Gasteiger partial charge is 0.337 e. The van der Waals surface area contributed by atoms with Crippen LogP contribution in [0.3, 0.4) is 0 Å². The van der Waals surface area contributed by atoms with Crippen molar-refractivity contribution in [3.05, 3.63) is 28.8 Å². The second-order valence-corrected chi connectivity index (χ2v) is 3.19. The molecule has 5 nitrogen and oxygen atoms in total. The van der Waals surface area contributed by atoms with Gasteiger partial charge in [0.15, 0.2) is 0 Å². The normalized spacial score (nSPS) is 9.73. The summed E-state index contributed by atoms with van der Waals surface area (Å²) in [7, 11) is 0. The van der Waals surface area contributed by atoms with E-state index in [-0.39, 0.29) is 10.6 Å². The van der Waals surface area contributed by atoms with Crippen molar-refractivity contribution >= 4 is 41.0 Å². The van der Waals surface area contributed by atoms with Gasteiger partial charge in [0, 0.05) is 0 Å². The first-order valence-corrected chi connectivity index (χ1v) is 4.68. The predicted molar refractivity (Wildman–Crippen MR) is 61.9 cm³/mol. The molecule has 0 saturated carbocycles. The highest BCUT2D eigenvalue weighted by atomic mass is 35.5. The van der Waals surface area contributed by atoms with E-state index in [4.69, 9.17) is 22.6 Å². The highest BCUT2D eigenvalue weighted by molar-refractivity contribution is 7.79. The molecule has 0 aliphatic rings. The quantitative estimate of drug-likeness (QED) is 0.420. The number of rotatable bonds is 4. The Balaban J connectivity index is 3.10. The molecular weight excluding hydrogens is 238 g/mol. The van der Waals surface area contributed by atoms with E-state index < -0.39 is 5.97 Å². The third-order valence-electron chi connectivity index (χ3n) is 1.71. The van der Waals surface area contributed by atoms with Crippen LogP contribution in [0.5, 0.6) is 0 Å². The molecule has 0 fully saturated rings. The highest BCUT2D eigenvalue weighted by Crippen LogP contribution is 2.22. The summed E-state index contributed by atoms with van der Waals surface area (Å²) in [6, 6.07) is 4.37. The molecule has 0 aliphatic carbocycles. The Hall–Kier alpha value is -1.21. The molecule has 0 aromatic heterocycles. The maximum Gasteiger partial charge on any atom is 0.337 e. The van der Waals surface area contributed by atoms with Crippen molar-refractivity contribution in [3.63, 3.8) is 0 Å². The number of hydrogen-bond acceptors (Lipinski definition) is 4. The number of nitrogens with one attached hydrogen (secondary N) is 1. The maximum absolute atomic E-state index is 10.7. The number of aromatic carboxylic acids is 1. The fourth-order valence-electron chi connectivity index (χ4n) is 0.993. The van der Waals surface area contributed by atoms with Gasteiger partial charge in [0.05, 0.1) is 21.8 Å². The summed E-state index contributed by atoms with van der Waals surface area (Å²) >= 11 is 10.4. The van der Waals surface area contributed by atoms with Crippen LogP contribution in [0.25, 0.3) is 0 Å². The van der Waals surface area contributed by atoms with E-state index >= 15 is 0 Å². The zero-order valence-electron chi connectivity index (χ0n) is 7.48. The van der Waals surface area contributed by atoms with E-state index in [1.165, 1.54) is 28.7 Å². The Morgan fingerprint density at radius 3 is 2.73 bits per heavy atom. The van der Waals surface area contributed by atoms with Crippen LogP contribution in [-0.2, 0) is 0 Å². The second kappa shape index (κ2) is 5.04. The Morgan fingerprint density at radius 1 is 1.67 bits per heavy atom. The van der Waals surface area contributed by atoms with E-state index in [1.807, 2.05) is 0 Å². The number of carbonyl (C=O) groups is 1. The number of benzene rings is 1. The van der Waals surface area contributed by atoms with Crippen molar-refractivity contribution in [2.75, 3.05) is 5.01 Å². The fraction of sp³-hybridized carbons (Fsp3) is 0. The van der Waals surface area contributed by atoms with Crippen LogP contribution in [0.1, 0.15) is 10.4 Å². The standard InChI is InChI=1S/C8H8ClN3O2S/c9-7-3-5(12(4-15)11-10)1-2-6(7)8(13)14/h1-4,11H,10H2,(H,13,14). The SMILES string of the molecule is NNN(C=S)c1ccc(C(=O)O)c(Cl)c1. The van der Waals surface area contributed by atoms with E-state index in [0.29, 0.717) is 5.69 Å². The number of carboxylic acids is 1. The molecule has 0 heterocycles. The van der Waals surface area contributed by atoms with Gasteiger partial charge in [-0.1, -0.05) is 23.8 Å². The monoisotopic (exact) mass is 245 g/mol. The number of carboxylic acid groups (broad SMARTS) is 1. The number of thiocarbonyl (C=S) groups is 1. The third kappa shape index (κ3) is 2.63. The summed E-state index contributed by atoms with van der Waals surface area (Å²) < 4.78 is 0. The Kier molecular flexibility index (Phi) is 3.98. The maximum atomic E-state index is 10.7. The van der Waals surface area contributed by atoms with Crippen molar-refractivity contribution in [1.82, 2.24) is 5.53 Å². The van der Waals surface area contributed by atoms with E-state index in [2.05, 4.69) is 17.8 Å². The average molecular weight is 246 g/mol. The molecule has 0 atom stereocenters. The van der Waals surface area contributed by atoms with Crippen LogP contribution in [-0.4, -0.2) is 16.6 Å². The van der Waals surface area contributed by atoms with Crippen molar-refractivity contribution in [1.29, 1.82) is 0 Å². The molecule has 7 heteroatoms. The summed E-state index contributed by atoms with van der Waals surface area (Å²) in [4.78, 5) is 10.7. The molecule has 15 heavy (non-hydrogen) atoms. The van der Waals surface area contributed by atoms with Crippen LogP contribution in [0.2, 0.25) is 5.02 Å². The number of hydrazine groups is 2. The largest absolute Gasteiger partial charge is 0.478 e. The molecule has 4 N–H and O–H groups in total. The van der Waals surface area contributed by atoms with Crippen molar-refractivity contribution in [3.8, 4) is 0 Å². The van der Waals surface area contributed by atoms with Gasteiger partial charge in [-0.05, 0) is 18.2 Å². The lowest BCUT2D eigenvalue weighted by Gasteiger charge is -2.17. The first kappa shape index (κ1) is 11.9. The number of nitrogens with two attached hydrogens (primary N) is 1. The van der Waals surface area contributed by atoms with Gasteiger partial charge < -0.3 is 5.11 Å². The molecule has 1 rings (SSSR count). The minimum Gasteiger partial charge on any atom is -0.478 e. The molecule has 80 valence electrons. The van der Waals surface area contributed by atoms with Gasteiger partial charge >= 0.3 is 5.97 Å². The number of hydrogen-bond donors (Lipinski definition) is 3. The van der Waals surface area contributed by atoms with Gasteiger partial charge in [0.2, 0.25) is 0 Å². The molecule has 1 aromatic carbocycles.